The summed E-state index contributed by atoms with van der Waals surface area (Å²) in [6.45, 7) is 5.82. The number of nitrogens with one attached hydrogen (secondary N) is 1. The lowest BCUT2D eigenvalue weighted by Crippen LogP contribution is -2.53. The molecule has 0 unspecified atom stereocenters. The van der Waals surface area contributed by atoms with Crippen LogP contribution in [0.1, 0.15) is 37.0 Å². The van der Waals surface area contributed by atoms with Crippen molar-refractivity contribution in [1.29, 1.82) is 0 Å². The van der Waals surface area contributed by atoms with E-state index >= 15 is 0 Å². The van der Waals surface area contributed by atoms with Crippen LogP contribution >= 0.6 is 0 Å². The number of nitrogens with zero attached hydrogens (tertiary/aromatic N) is 1. The largest absolute Gasteiger partial charge is 0.484 e. The summed E-state index contributed by atoms with van der Waals surface area (Å²) in [5, 5.41) is 3.03. The van der Waals surface area contributed by atoms with Gasteiger partial charge in [0, 0.05) is 19.0 Å². The summed E-state index contributed by atoms with van der Waals surface area (Å²) in [5.74, 6) is -0.321. The van der Waals surface area contributed by atoms with Crippen LogP contribution < -0.4 is 10.1 Å². The fourth-order valence-electron chi connectivity index (χ4n) is 3.71. The molecule has 2 atom stereocenters. The molecular weight excluding hydrogens is 443 g/mol. The average molecular weight is 477 g/mol. The molecule has 0 aliphatic heterocycles. The van der Waals surface area contributed by atoms with Gasteiger partial charge in [0.2, 0.25) is 5.91 Å². The minimum Gasteiger partial charge on any atom is -0.484 e. The Labute approximate surface area is 206 Å². The van der Waals surface area contributed by atoms with Gasteiger partial charge in [-0.2, -0.15) is 0 Å². The van der Waals surface area contributed by atoms with Gasteiger partial charge in [0.05, 0.1) is 0 Å². The average Bonchev–Trinajstić information content (AvgIpc) is 2.86. The SMILES string of the molecule is CC[C@H](C)NC(=O)[C@@H](Cc1ccccc1)N(Cc1ccc(F)cc1)C(=O)COc1cccc(C)c1. The molecule has 35 heavy (non-hydrogen) atoms. The second-order valence-corrected chi connectivity index (χ2v) is 8.78. The van der Waals surface area contributed by atoms with Gasteiger partial charge < -0.3 is 15.0 Å². The predicted octanol–water partition coefficient (Wildman–Crippen LogP) is 5.07. The summed E-state index contributed by atoms with van der Waals surface area (Å²) in [6.07, 6.45) is 1.12. The molecule has 3 rings (SSSR count). The number of ether oxygens (including phenoxy) is 1. The number of carbonyl (C=O) groups excluding carboxylic acids is 2. The molecule has 0 aromatic heterocycles. The van der Waals surface area contributed by atoms with E-state index in [4.69, 9.17) is 4.74 Å². The highest BCUT2D eigenvalue weighted by Crippen LogP contribution is 2.17. The number of aryl methyl sites for hydroxylation is 1. The Hall–Kier alpha value is -3.67. The third kappa shape index (κ3) is 7.95. The standard InChI is InChI=1S/C29H33FN2O3/c1-4-22(3)31-29(34)27(18-23-10-6-5-7-11-23)32(19-24-13-15-25(30)16-14-24)28(33)20-35-26-12-8-9-21(2)17-26/h5-17,22,27H,4,18-20H2,1-3H3,(H,31,34)/t22-,27+/m0/s1. The summed E-state index contributed by atoms with van der Waals surface area (Å²) in [7, 11) is 0. The minimum atomic E-state index is -0.759. The normalized spacial score (nSPS) is 12.5. The molecule has 0 saturated carbocycles. The number of amides is 2. The molecule has 3 aromatic carbocycles. The van der Waals surface area contributed by atoms with E-state index in [9.17, 15) is 14.0 Å². The highest BCUT2D eigenvalue weighted by molar-refractivity contribution is 5.88. The number of benzene rings is 3. The van der Waals surface area contributed by atoms with E-state index in [-0.39, 0.29) is 36.8 Å². The van der Waals surface area contributed by atoms with Crippen LogP contribution in [0.5, 0.6) is 5.75 Å². The minimum absolute atomic E-state index is 0.0351. The summed E-state index contributed by atoms with van der Waals surface area (Å²) in [4.78, 5) is 28.5. The van der Waals surface area contributed by atoms with Gasteiger partial charge in [0.15, 0.2) is 6.61 Å². The number of hydrogen-bond donors (Lipinski definition) is 1. The van der Waals surface area contributed by atoms with Gasteiger partial charge in [-0.25, -0.2) is 4.39 Å². The number of halogens is 1. The van der Waals surface area contributed by atoms with Crippen LogP contribution in [-0.2, 0) is 22.6 Å². The van der Waals surface area contributed by atoms with Crippen molar-refractivity contribution >= 4 is 11.8 Å². The van der Waals surface area contributed by atoms with Gasteiger partial charge in [-0.15, -0.1) is 0 Å². The quantitative estimate of drug-likeness (QED) is 0.421. The maximum absolute atomic E-state index is 13.5. The molecule has 0 aliphatic carbocycles. The van der Waals surface area contributed by atoms with Crippen molar-refractivity contribution in [3.8, 4) is 5.75 Å². The lowest BCUT2D eigenvalue weighted by molar-refractivity contribution is -0.143. The zero-order chi connectivity index (χ0) is 25.2. The van der Waals surface area contributed by atoms with Crippen molar-refractivity contribution in [1.82, 2.24) is 10.2 Å². The van der Waals surface area contributed by atoms with Crippen molar-refractivity contribution in [3.63, 3.8) is 0 Å². The monoisotopic (exact) mass is 476 g/mol. The van der Waals surface area contributed by atoms with Gasteiger partial charge in [-0.1, -0.05) is 61.5 Å². The smallest absolute Gasteiger partial charge is 0.261 e. The zero-order valence-electron chi connectivity index (χ0n) is 20.5. The Morgan fingerprint density at radius 2 is 1.69 bits per heavy atom. The summed E-state index contributed by atoms with van der Waals surface area (Å²) in [5.41, 5.74) is 2.69. The molecule has 0 spiro atoms. The molecule has 2 amide bonds. The molecule has 6 heteroatoms. The van der Waals surface area contributed by atoms with Crippen LogP contribution in [0.4, 0.5) is 4.39 Å². The molecule has 1 N–H and O–H groups in total. The molecule has 0 saturated heterocycles. The van der Waals surface area contributed by atoms with Gasteiger partial charge in [-0.05, 0) is 61.2 Å². The van der Waals surface area contributed by atoms with E-state index in [1.54, 1.807) is 18.2 Å². The molecule has 184 valence electrons. The number of carbonyl (C=O) groups is 2. The third-order valence-corrected chi connectivity index (χ3v) is 5.89. The summed E-state index contributed by atoms with van der Waals surface area (Å²) in [6, 6.07) is 22.2. The van der Waals surface area contributed by atoms with E-state index in [1.165, 1.54) is 17.0 Å². The first-order valence-electron chi connectivity index (χ1n) is 11.9. The van der Waals surface area contributed by atoms with Crippen LogP contribution in [-0.4, -0.2) is 35.4 Å². The number of rotatable bonds is 11. The Kier molecular flexibility index (Phi) is 9.41. The van der Waals surface area contributed by atoms with Gasteiger partial charge in [0.25, 0.3) is 5.91 Å². The lowest BCUT2D eigenvalue weighted by Gasteiger charge is -2.32. The Bertz CT molecular complexity index is 1100. The summed E-state index contributed by atoms with van der Waals surface area (Å²) >= 11 is 0. The highest BCUT2D eigenvalue weighted by atomic mass is 19.1. The Balaban J connectivity index is 1.90. The Morgan fingerprint density at radius 1 is 0.971 bits per heavy atom. The van der Waals surface area contributed by atoms with Crippen molar-refractivity contribution in [2.75, 3.05) is 6.61 Å². The van der Waals surface area contributed by atoms with E-state index in [1.807, 2.05) is 69.3 Å². The molecule has 0 aliphatic rings. The van der Waals surface area contributed by atoms with E-state index in [0.717, 1.165) is 23.1 Å². The third-order valence-electron chi connectivity index (χ3n) is 5.89. The van der Waals surface area contributed by atoms with Crippen LogP contribution in [0, 0.1) is 12.7 Å². The highest BCUT2D eigenvalue weighted by Gasteiger charge is 2.31. The first-order valence-corrected chi connectivity index (χ1v) is 11.9. The van der Waals surface area contributed by atoms with E-state index in [0.29, 0.717) is 12.2 Å². The Morgan fingerprint density at radius 3 is 2.34 bits per heavy atom. The van der Waals surface area contributed by atoms with Crippen LogP contribution in [0.2, 0.25) is 0 Å². The topological polar surface area (TPSA) is 58.6 Å². The fourth-order valence-corrected chi connectivity index (χ4v) is 3.71. The lowest BCUT2D eigenvalue weighted by atomic mass is 10.0. The molecule has 0 fully saturated rings. The molecule has 3 aromatic rings. The molecule has 0 heterocycles. The fraction of sp³-hybridized carbons (Fsp3) is 0.310. The molecular formula is C29H33FN2O3. The van der Waals surface area contributed by atoms with E-state index in [2.05, 4.69) is 5.32 Å². The molecule has 5 nitrogen and oxygen atoms in total. The molecule has 0 radical (unpaired) electrons. The van der Waals surface area contributed by atoms with Crippen LogP contribution in [0.15, 0.2) is 78.9 Å². The zero-order valence-corrected chi connectivity index (χ0v) is 20.5. The van der Waals surface area contributed by atoms with Crippen molar-refractivity contribution in [3.05, 3.63) is 101 Å². The number of hydrogen-bond acceptors (Lipinski definition) is 3. The summed E-state index contributed by atoms with van der Waals surface area (Å²) < 4.78 is 19.3. The van der Waals surface area contributed by atoms with Crippen LogP contribution in [0.3, 0.4) is 0 Å². The maximum atomic E-state index is 13.5. The van der Waals surface area contributed by atoms with Gasteiger partial charge in [0.1, 0.15) is 17.6 Å². The van der Waals surface area contributed by atoms with Gasteiger partial charge in [-0.3, -0.25) is 9.59 Å². The second kappa shape index (κ2) is 12.7. The second-order valence-electron chi connectivity index (χ2n) is 8.78. The molecule has 0 bridgehead atoms. The first-order chi connectivity index (χ1) is 16.9. The van der Waals surface area contributed by atoms with Crippen LogP contribution in [0.25, 0.3) is 0 Å². The maximum Gasteiger partial charge on any atom is 0.261 e. The van der Waals surface area contributed by atoms with Crippen molar-refractivity contribution in [2.24, 2.45) is 0 Å². The van der Waals surface area contributed by atoms with E-state index < -0.39 is 6.04 Å². The van der Waals surface area contributed by atoms with Gasteiger partial charge >= 0.3 is 0 Å². The first kappa shape index (κ1) is 25.9. The van der Waals surface area contributed by atoms with Crippen molar-refractivity contribution < 1.29 is 18.7 Å². The van der Waals surface area contributed by atoms with Crippen molar-refractivity contribution in [2.45, 2.75) is 52.2 Å². The predicted molar refractivity (Wildman–Crippen MR) is 135 cm³/mol.